The van der Waals surface area contributed by atoms with Gasteiger partial charge in [0.05, 0.1) is 16.6 Å². The summed E-state index contributed by atoms with van der Waals surface area (Å²) in [6, 6.07) is 135. The van der Waals surface area contributed by atoms with Crippen molar-refractivity contribution in [3.63, 3.8) is 0 Å². The van der Waals surface area contributed by atoms with Crippen LogP contribution in [0.15, 0.2) is 421 Å². The van der Waals surface area contributed by atoms with Crippen LogP contribution in [0.2, 0.25) is 0 Å². The van der Waals surface area contributed by atoms with Crippen molar-refractivity contribution in [1.29, 1.82) is 0 Å². The summed E-state index contributed by atoms with van der Waals surface area (Å²) in [5.41, 5.74) is 33.4. The Morgan fingerprint density at radius 2 is 0.582 bits per heavy atom. The molecule has 15 aromatic heterocycles. The number of thiazole rings is 3. The van der Waals surface area contributed by atoms with Crippen LogP contribution in [0.4, 0.5) is 0 Å². The van der Waals surface area contributed by atoms with Crippen LogP contribution in [0.1, 0.15) is 0 Å². The van der Waals surface area contributed by atoms with Gasteiger partial charge in [0, 0.05) is 139 Å². The number of hydrogen-bond acceptors (Lipinski definition) is 15. The van der Waals surface area contributed by atoms with E-state index < -0.39 is 0 Å². The van der Waals surface area contributed by atoms with Crippen LogP contribution in [-0.4, -0.2) is 73.5 Å². The zero-order valence-electron chi connectivity index (χ0n) is 74.2. The molecule has 672 valence electrons. The zero-order valence-corrected chi connectivity index (χ0v) is 83.5. The smallest absolute Gasteiger partial charge is 0.346 e. The van der Waals surface area contributed by atoms with Gasteiger partial charge in [0.25, 0.3) is 0 Å². The van der Waals surface area contributed by atoms with E-state index in [9.17, 15) is 0 Å². The number of hydrogen-bond donors (Lipinski definition) is 0. The van der Waals surface area contributed by atoms with Gasteiger partial charge in [0.2, 0.25) is 0 Å². The van der Waals surface area contributed by atoms with Crippen LogP contribution in [0.25, 0.3) is 245 Å². The van der Waals surface area contributed by atoms with Crippen molar-refractivity contribution in [2.45, 2.75) is 0 Å². The summed E-state index contributed by atoms with van der Waals surface area (Å²) in [7, 11) is 0. The molecule has 27 rings (SSSR count). The summed E-state index contributed by atoms with van der Waals surface area (Å²) in [6.45, 7) is 0. The van der Waals surface area contributed by atoms with Crippen molar-refractivity contribution in [3.05, 3.63) is 457 Å². The van der Waals surface area contributed by atoms with E-state index >= 15 is 0 Å². The third-order valence-corrected chi connectivity index (χ3v) is 28.1. The molecule has 0 aliphatic heterocycles. The summed E-state index contributed by atoms with van der Waals surface area (Å²) < 4.78 is 10.3. The van der Waals surface area contributed by atoms with E-state index in [4.69, 9.17) is 24.9 Å². The molecule has 141 heavy (non-hydrogen) atoms. The maximum absolute atomic E-state index is 5.03. The van der Waals surface area contributed by atoms with Crippen molar-refractivity contribution in [2.24, 2.45) is 0 Å². The number of para-hydroxylation sites is 3. The van der Waals surface area contributed by atoms with Crippen LogP contribution in [0.3, 0.4) is 0 Å². The van der Waals surface area contributed by atoms with Gasteiger partial charge >= 0.3 is 63.2 Å². The standard InChI is InChI=1S/3C40H23N5S.3Pt/c1-3-7-36-32(5-1)33-13-10-29(40-44-35-6-2-4-8-39(35)46-40)24-38(33)45(36)37-23-28(9-12-31(37)27-17-21-42-22-18-27)34-14-11-30(25-43-34)26-15-19-41-20-16-26;1-2-17-43-35(6-1)30-4-3-5-32(22-30)45-37-12-9-28(26-13-18-41-19-14-26)23-34(37)33-10-7-31(24-38(33)45)40-44-36-11-8-29(25-39(36)46-40)27-15-20-42-21-16-27;1-2-7-39-36(6-1)44-40(46-39)30-8-11-33-34-23-28(26-14-18-41-19-15-26)10-13-37(34)45(38(33)24-30)32-5-3-4-29(22-32)35-12-9-31(25-43-35)27-16-20-42-21-17-27;;;/h1-22,25H;2*1-21,23,25H;;;/q3*-2;3*+2. The fourth-order valence-electron chi connectivity index (χ4n) is 18.2. The summed E-state index contributed by atoms with van der Waals surface area (Å²) in [5, 5.41) is 9.65. The molecule has 0 bridgehead atoms. The number of rotatable bonds is 15. The Bertz CT molecular complexity index is 9210. The second kappa shape index (κ2) is 39.5. The van der Waals surface area contributed by atoms with E-state index in [1.807, 2.05) is 171 Å². The van der Waals surface area contributed by atoms with Crippen molar-refractivity contribution in [1.82, 2.24) is 73.5 Å². The van der Waals surface area contributed by atoms with Gasteiger partial charge in [-0.25, -0.2) is 0 Å². The molecule has 0 saturated carbocycles. The molecule has 0 spiro atoms. The van der Waals surface area contributed by atoms with E-state index in [1.54, 1.807) is 58.8 Å². The quantitative estimate of drug-likeness (QED) is 0.0892. The second-order valence-electron chi connectivity index (χ2n) is 33.1. The average Bonchev–Trinajstić information content (AvgIpc) is 1.59. The van der Waals surface area contributed by atoms with E-state index in [1.165, 1.54) is 0 Å². The Morgan fingerprint density at radius 1 is 0.213 bits per heavy atom. The Morgan fingerprint density at radius 3 is 1.04 bits per heavy atom. The van der Waals surface area contributed by atoms with Crippen LogP contribution in [0, 0.1) is 36.4 Å². The predicted octanol–water partition coefficient (Wildman–Crippen LogP) is 29.5. The fourth-order valence-corrected chi connectivity index (χ4v) is 21.1. The largest absolute Gasteiger partial charge is 2.00 e. The maximum atomic E-state index is 5.03. The van der Waals surface area contributed by atoms with Crippen LogP contribution in [-0.2, 0) is 63.2 Å². The number of aromatic nitrogens is 15. The molecule has 0 aliphatic rings. The van der Waals surface area contributed by atoms with Gasteiger partial charge in [-0.3, -0.25) is 44.9 Å². The van der Waals surface area contributed by atoms with E-state index in [0.717, 1.165) is 245 Å². The van der Waals surface area contributed by atoms with Gasteiger partial charge in [-0.1, -0.05) is 136 Å². The minimum Gasteiger partial charge on any atom is -0.346 e. The number of nitrogens with zero attached hydrogens (tertiary/aromatic N) is 15. The number of benzene rings is 12. The summed E-state index contributed by atoms with van der Waals surface area (Å²) in [6.07, 6.45) is 27.5. The topological polar surface area (TPSA) is 169 Å². The maximum Gasteiger partial charge on any atom is 2.00 e. The average molecular weight is 2400 g/mol. The first-order chi connectivity index (χ1) is 68.4. The van der Waals surface area contributed by atoms with Gasteiger partial charge in [-0.2, -0.15) is 34.0 Å². The van der Waals surface area contributed by atoms with Gasteiger partial charge in [0.1, 0.15) is 0 Å². The Labute approximate surface area is 865 Å². The monoisotopic (exact) mass is 2400 g/mol. The first-order valence-corrected chi connectivity index (χ1v) is 47.3. The summed E-state index contributed by atoms with van der Waals surface area (Å²) >= 11 is 5.06. The van der Waals surface area contributed by atoms with E-state index in [-0.39, 0.29) is 63.2 Å². The predicted molar refractivity (Wildman–Crippen MR) is 560 cm³/mol. The molecular weight excluding hydrogens is 2330 g/mol. The molecule has 0 atom stereocenters. The molecule has 0 saturated heterocycles. The molecule has 0 amide bonds. The minimum absolute atomic E-state index is 0. The molecule has 0 fully saturated rings. The molecular formula is C120H69N15Pt3S3. The molecule has 0 N–H and O–H groups in total. The number of fused-ring (bicyclic) bond motifs is 12. The summed E-state index contributed by atoms with van der Waals surface area (Å²) in [4.78, 5) is 54.3. The fraction of sp³-hybridized carbons (Fsp3) is 0. The first-order valence-electron chi connectivity index (χ1n) is 44.9. The third kappa shape index (κ3) is 17.6. The van der Waals surface area contributed by atoms with Gasteiger partial charge in [-0.15, -0.1) is 155 Å². The Balaban J connectivity index is 0.000000120. The van der Waals surface area contributed by atoms with Gasteiger partial charge in [0.15, 0.2) is 0 Å². The van der Waals surface area contributed by atoms with Crippen molar-refractivity contribution >= 4 is 130 Å². The molecule has 27 aromatic rings. The minimum atomic E-state index is 0. The van der Waals surface area contributed by atoms with Gasteiger partial charge in [-0.05, 0) is 256 Å². The Hall–Kier alpha value is -15.9. The van der Waals surface area contributed by atoms with Crippen molar-refractivity contribution < 1.29 is 63.2 Å². The molecule has 15 heterocycles. The van der Waals surface area contributed by atoms with E-state index in [0.29, 0.717) is 0 Å². The van der Waals surface area contributed by atoms with E-state index in [2.05, 4.69) is 309 Å². The third-order valence-electron chi connectivity index (χ3n) is 24.9. The molecule has 21 heteroatoms. The molecule has 15 nitrogen and oxygen atoms in total. The molecule has 12 aromatic carbocycles. The van der Waals surface area contributed by atoms with Crippen LogP contribution < -0.4 is 0 Å². The zero-order chi connectivity index (χ0) is 91.4. The van der Waals surface area contributed by atoms with Crippen LogP contribution in [0.5, 0.6) is 0 Å². The summed E-state index contributed by atoms with van der Waals surface area (Å²) in [5.74, 6) is 0. The second-order valence-corrected chi connectivity index (χ2v) is 36.2. The normalized spacial score (nSPS) is 11.2. The first kappa shape index (κ1) is 90.3. The number of pyridine rings is 9. The van der Waals surface area contributed by atoms with Gasteiger partial charge < -0.3 is 28.7 Å². The van der Waals surface area contributed by atoms with Crippen LogP contribution >= 0.6 is 34.0 Å². The van der Waals surface area contributed by atoms with Crippen molar-refractivity contribution in [2.75, 3.05) is 0 Å². The Kier molecular flexibility index (Phi) is 25.3. The molecule has 0 radical (unpaired) electrons. The molecule has 0 unspecified atom stereocenters. The SMILES string of the molecule is [Pt+2].[Pt+2].[Pt+2].[c-]1c(-c2ccc(-c3ccncc3)cn2)ccc(-c2ccncc2)c1-n1c2[c-]c(-c3nc4ccccc4s3)ccc2c2ccccc21.[c-]1c(-c2ccc(-c3ccncc3)cn2)cccc1-n1c2[c-]c(-c3nc4ccccc4s3)ccc2c2cc(-c3ccncc3)ccc21.[c-]1c(-c2ccccn2)cccc1-n1c2[c-]c(-c3nc4ccc(-c5ccncc5)cc4s3)ccc2c2cc(-c3ccncc3)ccc21. The molecule has 0 aliphatic carbocycles. The van der Waals surface area contributed by atoms with Crippen molar-refractivity contribution in [3.8, 4) is 149 Å².